The number of anilines is 2. The predicted octanol–water partition coefficient (Wildman–Crippen LogP) is 1.08. The van der Waals surface area contributed by atoms with Crippen molar-refractivity contribution in [3.63, 3.8) is 0 Å². The van der Waals surface area contributed by atoms with Crippen LogP contribution in [0.25, 0.3) is 5.65 Å². The zero-order valence-electron chi connectivity index (χ0n) is 12.5. The molecule has 0 saturated carbocycles. The summed E-state index contributed by atoms with van der Waals surface area (Å²) in [6, 6.07) is 7.30. The third-order valence-corrected chi connectivity index (χ3v) is 3.59. The first-order valence-corrected chi connectivity index (χ1v) is 7.05. The number of pyridine rings is 2. The lowest BCUT2D eigenvalue weighted by molar-refractivity contribution is 0.0688. The van der Waals surface area contributed by atoms with Crippen LogP contribution in [0.4, 0.5) is 11.6 Å². The molecule has 0 bridgehead atoms. The quantitative estimate of drug-likeness (QED) is 0.725. The fourth-order valence-electron chi connectivity index (χ4n) is 2.43. The third-order valence-electron chi connectivity index (χ3n) is 3.59. The van der Waals surface area contributed by atoms with E-state index in [0.29, 0.717) is 17.9 Å². The fourth-order valence-corrected chi connectivity index (χ4v) is 2.43. The summed E-state index contributed by atoms with van der Waals surface area (Å²) in [7, 11) is 1.84. The lowest BCUT2D eigenvalue weighted by Crippen LogP contribution is -2.24. The Labute approximate surface area is 132 Å². The molecule has 8 nitrogen and oxygen atoms in total. The summed E-state index contributed by atoms with van der Waals surface area (Å²) in [5, 5.41) is 13.5. The number of hydrogen-bond donors (Lipinski definition) is 2. The van der Waals surface area contributed by atoms with E-state index in [1.165, 1.54) is 4.52 Å². The van der Waals surface area contributed by atoms with Crippen molar-refractivity contribution in [3.05, 3.63) is 47.9 Å². The smallest absolute Gasteiger partial charge is 0.356 e. The summed E-state index contributed by atoms with van der Waals surface area (Å²) < 4.78 is 1.26. The van der Waals surface area contributed by atoms with E-state index in [9.17, 15) is 9.90 Å². The first kappa shape index (κ1) is 14.8. The average Bonchev–Trinajstić information content (AvgIpc) is 2.92. The van der Waals surface area contributed by atoms with E-state index in [1.807, 2.05) is 24.1 Å². The molecule has 0 radical (unpaired) electrons. The molecule has 118 valence electrons. The Morgan fingerprint density at radius 2 is 2.04 bits per heavy atom. The molecule has 0 aliphatic rings. The van der Waals surface area contributed by atoms with Gasteiger partial charge in [0.1, 0.15) is 0 Å². The highest BCUT2D eigenvalue weighted by atomic mass is 16.4. The number of carboxylic acids is 1. The number of aromatic nitrogens is 4. The number of carboxylic acid groups (broad SMARTS) is 1. The predicted molar refractivity (Wildman–Crippen MR) is 85.6 cm³/mol. The molecule has 8 heteroatoms. The van der Waals surface area contributed by atoms with E-state index >= 15 is 0 Å². The average molecular weight is 312 g/mol. The van der Waals surface area contributed by atoms with Crippen molar-refractivity contribution in [3.8, 4) is 0 Å². The number of nitrogens with zero attached hydrogens (tertiary/aromatic N) is 5. The molecule has 0 aliphatic heterocycles. The number of nitrogen functional groups attached to an aromatic ring is 1. The number of likely N-dealkylation sites (N-methyl/N-ethyl adjacent to an activating group) is 1. The zero-order valence-corrected chi connectivity index (χ0v) is 12.5. The molecular weight excluding hydrogens is 296 g/mol. The van der Waals surface area contributed by atoms with Gasteiger partial charge in [0.05, 0.1) is 5.69 Å². The summed E-state index contributed by atoms with van der Waals surface area (Å²) in [6.45, 7) is 0.653. The summed E-state index contributed by atoms with van der Waals surface area (Å²) in [5.74, 6) is -1.03. The molecular formula is C15H16N6O2. The summed E-state index contributed by atoms with van der Waals surface area (Å²) in [5.41, 5.74) is 7.71. The van der Waals surface area contributed by atoms with Crippen LogP contribution in [0.1, 0.15) is 16.1 Å². The molecule has 23 heavy (non-hydrogen) atoms. The molecule has 3 aromatic rings. The van der Waals surface area contributed by atoms with Gasteiger partial charge in [0.15, 0.2) is 11.3 Å². The van der Waals surface area contributed by atoms with Gasteiger partial charge < -0.3 is 15.7 Å². The minimum absolute atomic E-state index is 0.0453. The van der Waals surface area contributed by atoms with Crippen LogP contribution in [0.5, 0.6) is 0 Å². The molecule has 0 fully saturated rings. The lowest BCUT2D eigenvalue weighted by Gasteiger charge is -2.21. The van der Waals surface area contributed by atoms with E-state index in [0.717, 1.165) is 12.0 Å². The highest BCUT2D eigenvalue weighted by Gasteiger charge is 2.19. The number of rotatable bonds is 5. The summed E-state index contributed by atoms with van der Waals surface area (Å²) >= 11 is 0. The number of nitrogens with two attached hydrogens (primary N) is 1. The molecule has 3 heterocycles. The minimum atomic E-state index is -1.08. The van der Waals surface area contributed by atoms with E-state index in [-0.39, 0.29) is 11.6 Å². The van der Waals surface area contributed by atoms with Gasteiger partial charge in [0.25, 0.3) is 0 Å². The summed E-state index contributed by atoms with van der Waals surface area (Å²) in [4.78, 5) is 21.5. The first-order valence-electron chi connectivity index (χ1n) is 7.05. The Bertz CT molecular complexity index is 846. The normalized spacial score (nSPS) is 10.8. The van der Waals surface area contributed by atoms with Crippen molar-refractivity contribution in [2.45, 2.75) is 6.42 Å². The van der Waals surface area contributed by atoms with Crippen molar-refractivity contribution in [2.75, 3.05) is 24.2 Å². The second-order valence-corrected chi connectivity index (χ2v) is 5.14. The van der Waals surface area contributed by atoms with Crippen LogP contribution >= 0.6 is 0 Å². The molecule has 0 aromatic carbocycles. The van der Waals surface area contributed by atoms with Crippen molar-refractivity contribution < 1.29 is 9.90 Å². The van der Waals surface area contributed by atoms with Crippen molar-refractivity contribution in [1.82, 2.24) is 19.6 Å². The van der Waals surface area contributed by atoms with Crippen LogP contribution in [0, 0.1) is 0 Å². The maximum absolute atomic E-state index is 11.7. The van der Waals surface area contributed by atoms with Crippen LogP contribution < -0.4 is 10.6 Å². The minimum Gasteiger partial charge on any atom is -0.476 e. The molecule has 0 aliphatic carbocycles. The van der Waals surface area contributed by atoms with Crippen molar-refractivity contribution in [1.29, 1.82) is 0 Å². The monoisotopic (exact) mass is 312 g/mol. The Morgan fingerprint density at radius 1 is 1.30 bits per heavy atom. The number of carbonyl (C=O) groups is 1. The molecule has 0 unspecified atom stereocenters. The first-order chi connectivity index (χ1) is 11.1. The van der Waals surface area contributed by atoms with Crippen molar-refractivity contribution >= 4 is 23.3 Å². The number of hydrogen-bond acceptors (Lipinski definition) is 6. The molecule has 0 spiro atoms. The molecule has 0 atom stereocenters. The SMILES string of the molecule is CN(CCc1ccncc1)c1ccc2nc(N)nn2c1C(=O)O. The fraction of sp³-hybridized carbons (Fsp3) is 0.200. The molecule has 3 N–H and O–H groups in total. The maximum atomic E-state index is 11.7. The highest BCUT2D eigenvalue weighted by molar-refractivity contribution is 5.93. The van der Waals surface area contributed by atoms with Gasteiger partial charge in [-0.05, 0) is 36.2 Å². The topological polar surface area (TPSA) is 110 Å². The summed E-state index contributed by atoms with van der Waals surface area (Å²) in [6.07, 6.45) is 4.25. The Hall–Kier alpha value is -3.16. The Morgan fingerprint density at radius 3 is 2.74 bits per heavy atom. The molecule has 3 rings (SSSR count). The van der Waals surface area contributed by atoms with E-state index in [4.69, 9.17) is 5.73 Å². The van der Waals surface area contributed by atoms with Crippen molar-refractivity contribution in [2.24, 2.45) is 0 Å². The van der Waals surface area contributed by atoms with Gasteiger partial charge >= 0.3 is 5.97 Å². The van der Waals surface area contributed by atoms with Gasteiger partial charge in [-0.2, -0.15) is 4.98 Å². The van der Waals surface area contributed by atoms with Crippen LogP contribution in [-0.2, 0) is 6.42 Å². The number of aromatic carboxylic acids is 1. The molecule has 0 saturated heterocycles. The zero-order chi connectivity index (χ0) is 16.4. The standard InChI is InChI=1S/C15H16N6O2/c1-20(9-6-10-4-7-17-8-5-10)11-2-3-12-18-15(16)19-21(12)13(11)14(22)23/h2-5,7-8H,6,9H2,1H3,(H2,16,19)(H,22,23). The second-order valence-electron chi connectivity index (χ2n) is 5.14. The van der Waals surface area contributed by atoms with E-state index in [2.05, 4.69) is 15.1 Å². The Balaban J connectivity index is 1.91. The van der Waals surface area contributed by atoms with Gasteiger partial charge in [-0.1, -0.05) is 0 Å². The van der Waals surface area contributed by atoms with Gasteiger partial charge in [-0.25, -0.2) is 9.31 Å². The van der Waals surface area contributed by atoms with Crippen LogP contribution in [-0.4, -0.2) is 44.3 Å². The van der Waals surface area contributed by atoms with Gasteiger partial charge in [0, 0.05) is 26.0 Å². The van der Waals surface area contributed by atoms with Crippen LogP contribution in [0.15, 0.2) is 36.7 Å². The van der Waals surface area contributed by atoms with E-state index in [1.54, 1.807) is 24.5 Å². The second kappa shape index (κ2) is 5.91. The van der Waals surface area contributed by atoms with Crippen LogP contribution in [0.2, 0.25) is 0 Å². The lowest BCUT2D eigenvalue weighted by atomic mass is 10.2. The van der Waals surface area contributed by atoms with Gasteiger partial charge in [0.2, 0.25) is 5.95 Å². The molecule has 3 aromatic heterocycles. The molecule has 0 amide bonds. The maximum Gasteiger partial charge on any atom is 0.356 e. The van der Waals surface area contributed by atoms with Gasteiger partial charge in [-0.15, -0.1) is 5.10 Å². The largest absolute Gasteiger partial charge is 0.476 e. The highest BCUT2D eigenvalue weighted by Crippen LogP contribution is 2.21. The third kappa shape index (κ3) is 2.91. The Kier molecular flexibility index (Phi) is 3.80. The van der Waals surface area contributed by atoms with Crippen LogP contribution in [0.3, 0.4) is 0 Å². The van der Waals surface area contributed by atoms with E-state index < -0.39 is 5.97 Å². The van der Waals surface area contributed by atoms with Gasteiger partial charge in [-0.3, -0.25) is 4.98 Å². The number of fused-ring (bicyclic) bond motifs is 1.